The van der Waals surface area contributed by atoms with E-state index in [1.807, 2.05) is 13.8 Å². The molecular formula is C29H28ClNO6. The lowest BCUT2D eigenvalue weighted by molar-refractivity contribution is -0.132. The number of aryl methyl sites for hydroxylation is 2. The van der Waals surface area contributed by atoms with E-state index in [0.29, 0.717) is 51.3 Å². The van der Waals surface area contributed by atoms with Gasteiger partial charge in [0.2, 0.25) is 0 Å². The summed E-state index contributed by atoms with van der Waals surface area (Å²) < 4.78 is 16.6. The number of ether oxygens (including phenoxy) is 3. The van der Waals surface area contributed by atoms with Gasteiger partial charge in [-0.2, -0.15) is 0 Å². The van der Waals surface area contributed by atoms with E-state index in [0.717, 1.165) is 5.56 Å². The number of nitrogens with zero attached hydrogens (tertiary/aromatic N) is 1. The molecule has 1 saturated heterocycles. The maximum Gasteiger partial charge on any atom is 0.300 e. The number of hydrogen-bond acceptors (Lipinski definition) is 6. The van der Waals surface area contributed by atoms with Crippen molar-refractivity contribution in [2.75, 3.05) is 25.7 Å². The summed E-state index contributed by atoms with van der Waals surface area (Å²) in [6.45, 7) is 5.88. The molecule has 0 saturated carbocycles. The second kappa shape index (κ2) is 10.6. The first-order chi connectivity index (χ1) is 17.7. The van der Waals surface area contributed by atoms with E-state index in [2.05, 4.69) is 0 Å². The molecule has 4 rings (SSSR count). The Morgan fingerprint density at radius 1 is 0.946 bits per heavy atom. The highest BCUT2D eigenvalue weighted by molar-refractivity contribution is 6.51. The lowest BCUT2D eigenvalue weighted by Gasteiger charge is -2.26. The van der Waals surface area contributed by atoms with Crippen molar-refractivity contribution in [3.63, 3.8) is 0 Å². The molecule has 1 amide bonds. The van der Waals surface area contributed by atoms with Crippen LogP contribution < -0.4 is 19.1 Å². The Bertz CT molecular complexity index is 1410. The molecule has 3 aromatic carbocycles. The topological polar surface area (TPSA) is 85.3 Å². The second-order valence-electron chi connectivity index (χ2n) is 8.63. The summed E-state index contributed by atoms with van der Waals surface area (Å²) in [4.78, 5) is 28.3. The highest BCUT2D eigenvalue weighted by Crippen LogP contribution is 2.45. The second-order valence-corrected chi connectivity index (χ2v) is 9.07. The minimum Gasteiger partial charge on any atom is -0.507 e. The van der Waals surface area contributed by atoms with Crippen LogP contribution in [0.15, 0.2) is 60.2 Å². The van der Waals surface area contributed by atoms with Crippen LogP contribution in [0.4, 0.5) is 5.69 Å². The van der Waals surface area contributed by atoms with Crippen LogP contribution >= 0.6 is 11.6 Å². The molecule has 192 valence electrons. The predicted octanol–water partition coefficient (Wildman–Crippen LogP) is 6.00. The molecule has 1 aliphatic rings. The number of aliphatic hydroxyl groups excluding tert-OH is 1. The van der Waals surface area contributed by atoms with Gasteiger partial charge in [0.15, 0.2) is 11.5 Å². The maximum absolute atomic E-state index is 13.5. The Balaban J connectivity index is 2.00. The third-order valence-corrected chi connectivity index (χ3v) is 6.57. The molecule has 1 fully saturated rings. The quantitative estimate of drug-likeness (QED) is 0.233. The number of hydrogen-bond donors (Lipinski definition) is 1. The number of anilines is 1. The molecule has 0 spiro atoms. The number of carbonyl (C=O) groups is 2. The first-order valence-electron chi connectivity index (χ1n) is 11.7. The number of Topliss-reactive ketones (excluding diaryl/α,β-unsaturated/α-hetero) is 1. The number of ketones is 1. The summed E-state index contributed by atoms with van der Waals surface area (Å²) in [6, 6.07) is 14.4. The summed E-state index contributed by atoms with van der Waals surface area (Å²) in [5.74, 6) is -0.233. The molecule has 1 heterocycles. The number of benzene rings is 3. The minimum atomic E-state index is -0.939. The molecule has 0 bridgehead atoms. The van der Waals surface area contributed by atoms with Gasteiger partial charge in [-0.05, 0) is 79.9 Å². The SMILES string of the molecule is CCOc1cc(C2/C(=C(\O)c3cc(C)c(OC)cc3C)C(=O)C(=O)N2c2cccc(Cl)c2)ccc1OC. The Hall–Kier alpha value is -3.97. The summed E-state index contributed by atoms with van der Waals surface area (Å²) in [7, 11) is 3.10. The summed E-state index contributed by atoms with van der Waals surface area (Å²) in [5.41, 5.74) is 2.86. The van der Waals surface area contributed by atoms with Gasteiger partial charge in [0.25, 0.3) is 11.7 Å². The fourth-order valence-electron chi connectivity index (χ4n) is 4.58. The van der Waals surface area contributed by atoms with Crippen molar-refractivity contribution in [1.82, 2.24) is 0 Å². The molecule has 0 aromatic heterocycles. The van der Waals surface area contributed by atoms with Gasteiger partial charge in [0, 0.05) is 16.3 Å². The van der Waals surface area contributed by atoms with Gasteiger partial charge in [-0.3, -0.25) is 14.5 Å². The van der Waals surface area contributed by atoms with E-state index in [4.69, 9.17) is 25.8 Å². The Labute approximate surface area is 220 Å². The van der Waals surface area contributed by atoms with E-state index < -0.39 is 17.7 Å². The maximum atomic E-state index is 13.5. The zero-order valence-corrected chi connectivity index (χ0v) is 22.1. The fraction of sp³-hybridized carbons (Fsp3) is 0.241. The fourth-order valence-corrected chi connectivity index (χ4v) is 4.77. The monoisotopic (exact) mass is 521 g/mol. The highest BCUT2D eigenvalue weighted by Gasteiger charge is 2.47. The Kier molecular flexibility index (Phi) is 7.45. The van der Waals surface area contributed by atoms with Crippen molar-refractivity contribution in [2.24, 2.45) is 0 Å². The third kappa shape index (κ3) is 4.74. The van der Waals surface area contributed by atoms with Crippen LogP contribution in [-0.2, 0) is 9.59 Å². The average molecular weight is 522 g/mol. The van der Waals surface area contributed by atoms with Crippen LogP contribution in [0.2, 0.25) is 5.02 Å². The van der Waals surface area contributed by atoms with Crippen molar-refractivity contribution in [3.8, 4) is 17.2 Å². The number of carbonyl (C=O) groups excluding carboxylic acids is 2. The lowest BCUT2D eigenvalue weighted by Crippen LogP contribution is -2.29. The van der Waals surface area contributed by atoms with Crippen LogP contribution in [-0.4, -0.2) is 37.6 Å². The number of amides is 1. The molecule has 8 heteroatoms. The van der Waals surface area contributed by atoms with Gasteiger partial charge in [-0.25, -0.2) is 0 Å². The van der Waals surface area contributed by atoms with Crippen molar-refractivity contribution >= 4 is 34.7 Å². The first kappa shape index (κ1) is 26.1. The number of rotatable bonds is 7. The molecule has 37 heavy (non-hydrogen) atoms. The van der Waals surface area contributed by atoms with Gasteiger partial charge >= 0.3 is 0 Å². The molecule has 1 N–H and O–H groups in total. The standard InChI is InChI=1S/C29H28ClNO6/c1-6-37-24-14-18(10-11-22(24)35-4)26-25(27(32)21-12-17(3)23(36-5)13-16(21)2)28(33)29(34)31(26)20-9-7-8-19(30)15-20/h7-15,26,32H,6H2,1-5H3/b27-25+. The molecule has 3 aromatic rings. The van der Waals surface area contributed by atoms with Crippen LogP contribution in [0.25, 0.3) is 5.76 Å². The zero-order chi connectivity index (χ0) is 26.9. The predicted molar refractivity (Wildman–Crippen MR) is 143 cm³/mol. The van der Waals surface area contributed by atoms with E-state index >= 15 is 0 Å². The number of aliphatic hydroxyl groups is 1. The molecule has 7 nitrogen and oxygen atoms in total. The van der Waals surface area contributed by atoms with Gasteiger partial charge in [-0.15, -0.1) is 0 Å². The Morgan fingerprint density at radius 2 is 1.68 bits per heavy atom. The van der Waals surface area contributed by atoms with Crippen LogP contribution in [0.3, 0.4) is 0 Å². The van der Waals surface area contributed by atoms with Gasteiger partial charge in [-0.1, -0.05) is 23.7 Å². The zero-order valence-electron chi connectivity index (χ0n) is 21.3. The van der Waals surface area contributed by atoms with Crippen molar-refractivity contribution in [3.05, 3.63) is 87.4 Å². The molecule has 1 unspecified atom stereocenters. The van der Waals surface area contributed by atoms with Crippen LogP contribution in [0.5, 0.6) is 17.2 Å². The first-order valence-corrected chi connectivity index (χ1v) is 12.1. The van der Waals surface area contributed by atoms with Crippen molar-refractivity contribution in [2.45, 2.75) is 26.8 Å². The normalized spacial score (nSPS) is 16.7. The van der Waals surface area contributed by atoms with E-state index in [1.54, 1.807) is 68.6 Å². The van der Waals surface area contributed by atoms with Gasteiger partial charge < -0.3 is 19.3 Å². The van der Waals surface area contributed by atoms with Crippen molar-refractivity contribution in [1.29, 1.82) is 0 Å². The largest absolute Gasteiger partial charge is 0.507 e. The third-order valence-electron chi connectivity index (χ3n) is 6.33. The minimum absolute atomic E-state index is 0.0368. The smallest absolute Gasteiger partial charge is 0.300 e. The Morgan fingerprint density at radius 3 is 2.32 bits per heavy atom. The van der Waals surface area contributed by atoms with Gasteiger partial charge in [0.05, 0.1) is 32.4 Å². The molecule has 0 aliphatic carbocycles. The lowest BCUT2D eigenvalue weighted by atomic mass is 9.92. The summed E-state index contributed by atoms with van der Waals surface area (Å²) in [5, 5.41) is 12.0. The number of methoxy groups -OCH3 is 2. The van der Waals surface area contributed by atoms with E-state index in [9.17, 15) is 14.7 Å². The molecule has 0 radical (unpaired) electrons. The van der Waals surface area contributed by atoms with Crippen LogP contribution in [0, 0.1) is 13.8 Å². The average Bonchev–Trinajstić information content (AvgIpc) is 3.15. The van der Waals surface area contributed by atoms with Crippen LogP contribution in [0.1, 0.15) is 35.2 Å². The molecular weight excluding hydrogens is 494 g/mol. The number of halogens is 1. The highest BCUT2D eigenvalue weighted by atomic mass is 35.5. The van der Waals surface area contributed by atoms with Crippen molar-refractivity contribution < 1.29 is 28.9 Å². The van der Waals surface area contributed by atoms with Gasteiger partial charge in [0.1, 0.15) is 11.5 Å². The summed E-state index contributed by atoms with van der Waals surface area (Å²) in [6.07, 6.45) is 0. The van der Waals surface area contributed by atoms with E-state index in [1.165, 1.54) is 12.0 Å². The van der Waals surface area contributed by atoms with E-state index in [-0.39, 0.29) is 11.3 Å². The summed E-state index contributed by atoms with van der Waals surface area (Å²) >= 11 is 6.24. The molecule has 1 atom stereocenters. The molecule has 1 aliphatic heterocycles.